The second-order valence-electron chi connectivity index (χ2n) is 5.35. The van der Waals surface area contributed by atoms with Crippen LogP contribution in [0.25, 0.3) is 0 Å². The Morgan fingerprint density at radius 3 is 2.50 bits per heavy atom. The molecule has 0 aromatic heterocycles. The number of esters is 1. The molecule has 138 valence electrons. The highest BCUT2D eigenvalue weighted by Gasteiger charge is 2.13. The van der Waals surface area contributed by atoms with Gasteiger partial charge in [0, 0.05) is 15.8 Å². The van der Waals surface area contributed by atoms with Crippen LogP contribution in [0, 0.1) is 3.57 Å². The Morgan fingerprint density at radius 2 is 1.85 bits per heavy atom. The maximum absolute atomic E-state index is 12.5. The Balaban J connectivity index is 2.08. The van der Waals surface area contributed by atoms with E-state index in [4.69, 9.17) is 9.47 Å². The molecule has 2 aromatic carbocycles. The van der Waals surface area contributed by atoms with E-state index in [1.54, 1.807) is 20.1 Å². The van der Waals surface area contributed by atoms with Gasteiger partial charge in [-0.15, -0.1) is 0 Å². The topological polar surface area (TPSA) is 76.7 Å². The molecular weight excluding hydrogens is 447 g/mol. The highest BCUT2D eigenvalue weighted by molar-refractivity contribution is 14.1. The van der Waals surface area contributed by atoms with Crippen molar-refractivity contribution < 1.29 is 19.1 Å². The first-order chi connectivity index (χ1) is 12.5. The first kappa shape index (κ1) is 20.0. The van der Waals surface area contributed by atoms with E-state index in [1.807, 2.05) is 36.4 Å². The van der Waals surface area contributed by atoms with Crippen molar-refractivity contribution in [2.45, 2.75) is 13.3 Å². The molecule has 0 heterocycles. The van der Waals surface area contributed by atoms with Crippen LogP contribution in [0.5, 0.6) is 5.75 Å². The van der Waals surface area contributed by atoms with Gasteiger partial charge in [-0.3, -0.25) is 9.59 Å². The van der Waals surface area contributed by atoms with Gasteiger partial charge in [0.2, 0.25) is 0 Å². The summed E-state index contributed by atoms with van der Waals surface area (Å²) in [6.45, 7) is 2.31. The van der Waals surface area contributed by atoms with Crippen molar-refractivity contribution in [1.29, 1.82) is 0 Å². The van der Waals surface area contributed by atoms with Crippen molar-refractivity contribution in [3.05, 3.63) is 51.6 Å². The van der Waals surface area contributed by atoms with Crippen LogP contribution in [-0.4, -0.2) is 32.1 Å². The number of ether oxygens (including phenoxy) is 2. The summed E-state index contributed by atoms with van der Waals surface area (Å²) in [6, 6.07) is 13.0. The molecule has 0 aliphatic rings. The van der Waals surface area contributed by atoms with Crippen molar-refractivity contribution in [3.8, 4) is 5.75 Å². The summed E-state index contributed by atoms with van der Waals surface area (Å²) >= 11 is 2.16. The largest absolute Gasteiger partial charge is 0.497 e. The number of carbonyl (C=O) groups excluding carboxylic acids is 2. The van der Waals surface area contributed by atoms with Gasteiger partial charge < -0.3 is 20.1 Å². The van der Waals surface area contributed by atoms with Gasteiger partial charge in [-0.2, -0.15) is 0 Å². The minimum Gasteiger partial charge on any atom is -0.497 e. The lowest BCUT2D eigenvalue weighted by Gasteiger charge is -2.13. The number of methoxy groups -OCH3 is 1. The van der Waals surface area contributed by atoms with E-state index < -0.39 is 0 Å². The third-order valence-electron chi connectivity index (χ3n) is 3.52. The smallest absolute Gasteiger partial charge is 0.307 e. The molecule has 0 unspecified atom stereocenters. The Kier molecular flexibility index (Phi) is 7.71. The average molecular weight is 468 g/mol. The summed E-state index contributed by atoms with van der Waals surface area (Å²) in [7, 11) is 1.61. The third-order valence-corrected chi connectivity index (χ3v) is 4.19. The highest BCUT2D eigenvalue weighted by atomic mass is 127. The number of halogens is 1. The molecule has 6 nitrogen and oxygen atoms in total. The molecule has 7 heteroatoms. The Hall–Kier alpha value is -2.29. The molecule has 2 rings (SSSR count). The quantitative estimate of drug-likeness (QED) is 0.456. The molecule has 2 aromatic rings. The molecule has 0 spiro atoms. The van der Waals surface area contributed by atoms with Crippen LogP contribution < -0.4 is 15.4 Å². The molecule has 0 atom stereocenters. The molecule has 0 saturated carbocycles. The maximum Gasteiger partial charge on any atom is 0.307 e. The Bertz CT molecular complexity index is 763. The first-order valence-electron chi connectivity index (χ1n) is 8.18. The summed E-state index contributed by atoms with van der Waals surface area (Å²) in [5.41, 5.74) is 2.04. The monoisotopic (exact) mass is 468 g/mol. The number of hydrogen-bond acceptors (Lipinski definition) is 5. The predicted molar refractivity (Wildman–Crippen MR) is 109 cm³/mol. The maximum atomic E-state index is 12.5. The molecule has 0 radical (unpaired) electrons. The lowest BCUT2D eigenvalue weighted by atomic mass is 10.1. The molecule has 0 saturated heterocycles. The number of hydrogen-bond donors (Lipinski definition) is 2. The van der Waals surface area contributed by atoms with Crippen molar-refractivity contribution in [2.24, 2.45) is 0 Å². The van der Waals surface area contributed by atoms with Crippen molar-refractivity contribution in [1.82, 2.24) is 5.32 Å². The first-order valence-corrected chi connectivity index (χ1v) is 9.25. The van der Waals surface area contributed by atoms with E-state index in [0.717, 1.165) is 15.0 Å². The average Bonchev–Trinajstić information content (AvgIpc) is 2.64. The van der Waals surface area contributed by atoms with Gasteiger partial charge in [0.25, 0.3) is 5.91 Å². The number of amides is 1. The van der Waals surface area contributed by atoms with Gasteiger partial charge in [0.05, 0.1) is 31.4 Å². The van der Waals surface area contributed by atoms with Gasteiger partial charge >= 0.3 is 5.97 Å². The van der Waals surface area contributed by atoms with Crippen LogP contribution in [0.2, 0.25) is 0 Å². The summed E-state index contributed by atoms with van der Waals surface area (Å²) < 4.78 is 10.9. The molecule has 0 bridgehead atoms. The van der Waals surface area contributed by atoms with Gasteiger partial charge in [0.1, 0.15) is 5.75 Å². The van der Waals surface area contributed by atoms with E-state index in [2.05, 4.69) is 33.2 Å². The van der Waals surface area contributed by atoms with E-state index in [-0.39, 0.29) is 24.8 Å². The standard InChI is InChI=1S/C19H21IN2O4/c1-3-26-18(23)10-11-21-19(24)16-12-13(20)4-9-17(16)22-14-5-7-15(25-2)8-6-14/h4-9,12,22H,3,10-11H2,1-2H3,(H,21,24). The minimum absolute atomic E-state index is 0.144. The van der Waals surface area contributed by atoms with Gasteiger partial charge in [0.15, 0.2) is 0 Å². The zero-order valence-electron chi connectivity index (χ0n) is 14.7. The number of benzene rings is 2. The van der Waals surface area contributed by atoms with Gasteiger partial charge in [-0.25, -0.2) is 0 Å². The molecule has 0 aliphatic carbocycles. The fourth-order valence-electron chi connectivity index (χ4n) is 2.25. The van der Waals surface area contributed by atoms with E-state index in [1.165, 1.54) is 0 Å². The van der Waals surface area contributed by atoms with Crippen LogP contribution >= 0.6 is 22.6 Å². The Labute approximate surface area is 166 Å². The molecule has 0 fully saturated rings. The van der Waals surface area contributed by atoms with Crippen molar-refractivity contribution in [2.75, 3.05) is 25.6 Å². The fourth-order valence-corrected chi connectivity index (χ4v) is 2.74. The molecule has 0 aliphatic heterocycles. The second-order valence-corrected chi connectivity index (χ2v) is 6.60. The van der Waals surface area contributed by atoms with E-state index >= 15 is 0 Å². The summed E-state index contributed by atoms with van der Waals surface area (Å²) in [5.74, 6) is 0.186. The second kappa shape index (κ2) is 10.0. The summed E-state index contributed by atoms with van der Waals surface area (Å²) in [4.78, 5) is 23.9. The molecule has 2 N–H and O–H groups in total. The lowest BCUT2D eigenvalue weighted by molar-refractivity contribution is -0.142. The minimum atomic E-state index is -0.327. The van der Waals surface area contributed by atoms with E-state index in [0.29, 0.717) is 17.9 Å². The number of rotatable bonds is 8. The summed E-state index contributed by atoms with van der Waals surface area (Å²) in [5, 5.41) is 6.00. The van der Waals surface area contributed by atoms with Crippen molar-refractivity contribution >= 4 is 45.8 Å². The van der Waals surface area contributed by atoms with Crippen LogP contribution in [0.4, 0.5) is 11.4 Å². The summed E-state index contributed by atoms with van der Waals surface area (Å²) in [6.07, 6.45) is 0.144. The van der Waals surface area contributed by atoms with Gasteiger partial charge in [-0.05, 0) is 72.0 Å². The third kappa shape index (κ3) is 5.91. The zero-order valence-corrected chi connectivity index (χ0v) is 16.8. The SMILES string of the molecule is CCOC(=O)CCNC(=O)c1cc(I)ccc1Nc1ccc(OC)cc1. The Morgan fingerprint density at radius 1 is 1.12 bits per heavy atom. The lowest BCUT2D eigenvalue weighted by Crippen LogP contribution is -2.27. The predicted octanol–water partition coefficient (Wildman–Crippen LogP) is 3.73. The number of carbonyl (C=O) groups is 2. The van der Waals surface area contributed by atoms with Crippen LogP contribution in [0.1, 0.15) is 23.7 Å². The normalized spacial score (nSPS) is 10.1. The van der Waals surface area contributed by atoms with Crippen LogP contribution in [-0.2, 0) is 9.53 Å². The molecule has 26 heavy (non-hydrogen) atoms. The van der Waals surface area contributed by atoms with Gasteiger partial charge in [-0.1, -0.05) is 0 Å². The van der Waals surface area contributed by atoms with Crippen LogP contribution in [0.3, 0.4) is 0 Å². The van der Waals surface area contributed by atoms with E-state index in [9.17, 15) is 9.59 Å². The molecule has 1 amide bonds. The molecular formula is C19H21IN2O4. The highest BCUT2D eigenvalue weighted by Crippen LogP contribution is 2.24. The fraction of sp³-hybridized carbons (Fsp3) is 0.263. The zero-order chi connectivity index (χ0) is 18.9. The van der Waals surface area contributed by atoms with Crippen LogP contribution in [0.15, 0.2) is 42.5 Å². The number of anilines is 2. The number of nitrogens with one attached hydrogen (secondary N) is 2. The van der Waals surface area contributed by atoms with Crippen molar-refractivity contribution in [3.63, 3.8) is 0 Å².